The Kier molecular flexibility index (Phi) is 5.55. The molecule has 1 spiro atoms. The van der Waals surface area contributed by atoms with Crippen LogP contribution in [0.25, 0.3) is 0 Å². The fourth-order valence-corrected chi connectivity index (χ4v) is 4.86. The van der Waals surface area contributed by atoms with Gasteiger partial charge in [0.05, 0.1) is 17.2 Å². The molecular weight excluding hydrogens is 350 g/mol. The highest BCUT2D eigenvalue weighted by Gasteiger charge is 2.48. The van der Waals surface area contributed by atoms with E-state index in [4.69, 9.17) is 4.74 Å². The summed E-state index contributed by atoms with van der Waals surface area (Å²) in [5.41, 5.74) is 0.400. The van der Waals surface area contributed by atoms with Crippen molar-refractivity contribution in [3.05, 3.63) is 15.6 Å². The second-order valence-electron chi connectivity index (χ2n) is 7.48. The van der Waals surface area contributed by atoms with Crippen LogP contribution in [0.5, 0.6) is 0 Å². The van der Waals surface area contributed by atoms with E-state index in [-0.39, 0.29) is 18.0 Å². The molecule has 3 heterocycles. The van der Waals surface area contributed by atoms with Crippen molar-refractivity contribution in [2.45, 2.75) is 71.4 Å². The summed E-state index contributed by atoms with van der Waals surface area (Å²) in [4.78, 5) is 34.1. The van der Waals surface area contributed by atoms with Gasteiger partial charge in [-0.25, -0.2) is 9.78 Å². The second-order valence-corrected chi connectivity index (χ2v) is 8.57. The zero-order valence-electron chi connectivity index (χ0n) is 16.2. The first-order valence-electron chi connectivity index (χ1n) is 9.64. The summed E-state index contributed by atoms with van der Waals surface area (Å²) in [5, 5.41) is 1.00. The quantitative estimate of drug-likeness (QED) is 0.784. The minimum absolute atomic E-state index is 0.0649. The Bertz CT molecular complexity index is 680. The van der Waals surface area contributed by atoms with Crippen molar-refractivity contribution in [2.24, 2.45) is 0 Å². The number of aromatic nitrogens is 1. The third-order valence-electron chi connectivity index (χ3n) is 5.53. The molecule has 2 aliphatic heterocycles. The monoisotopic (exact) mass is 379 g/mol. The molecule has 0 N–H and O–H groups in total. The number of carbonyl (C=O) groups excluding carboxylic acids is 2. The Hall–Kier alpha value is -1.63. The maximum absolute atomic E-state index is 12.9. The Labute approximate surface area is 159 Å². The Morgan fingerprint density at radius 2 is 2.04 bits per heavy atom. The highest BCUT2D eigenvalue weighted by Crippen LogP contribution is 2.35. The van der Waals surface area contributed by atoms with Crippen LogP contribution in [-0.4, -0.2) is 58.1 Å². The van der Waals surface area contributed by atoms with Crippen LogP contribution in [0.2, 0.25) is 0 Å². The topological polar surface area (TPSA) is 62.7 Å². The van der Waals surface area contributed by atoms with E-state index in [0.29, 0.717) is 32.5 Å². The van der Waals surface area contributed by atoms with Crippen molar-refractivity contribution in [1.82, 2.24) is 14.8 Å². The Morgan fingerprint density at radius 1 is 1.35 bits per heavy atom. The summed E-state index contributed by atoms with van der Waals surface area (Å²) >= 11 is 1.50. The van der Waals surface area contributed by atoms with E-state index < -0.39 is 5.60 Å². The van der Waals surface area contributed by atoms with Gasteiger partial charge in [0.1, 0.15) is 10.5 Å². The summed E-state index contributed by atoms with van der Waals surface area (Å²) in [7, 11) is 0. The predicted octanol–water partition coefficient (Wildman–Crippen LogP) is 3.63. The number of thiazole rings is 1. The molecule has 2 aliphatic rings. The number of aryl methyl sites for hydroxylation is 2. The number of nitrogens with zero attached hydrogens (tertiary/aromatic N) is 3. The first-order chi connectivity index (χ1) is 12.4. The maximum Gasteiger partial charge on any atom is 0.410 e. The SMILES string of the molecule is CCCC(C)N1CC2(CCN(C(=O)c3sc(CC)nc3C)CC2)OC1=O. The number of likely N-dealkylation sites (tertiary alicyclic amines) is 1. The summed E-state index contributed by atoms with van der Waals surface area (Å²) in [6.45, 7) is 10.1. The van der Waals surface area contributed by atoms with E-state index in [0.717, 1.165) is 34.8 Å². The normalized spacial score (nSPS) is 20.5. The maximum atomic E-state index is 12.9. The molecule has 2 saturated heterocycles. The summed E-state index contributed by atoms with van der Waals surface area (Å²) in [5.74, 6) is 0.0649. The first kappa shape index (κ1) is 19.1. The van der Waals surface area contributed by atoms with Gasteiger partial charge in [-0.15, -0.1) is 11.3 Å². The molecule has 1 unspecified atom stereocenters. The van der Waals surface area contributed by atoms with Gasteiger partial charge in [0.2, 0.25) is 0 Å². The lowest BCUT2D eigenvalue weighted by molar-refractivity contribution is 0.00319. The van der Waals surface area contributed by atoms with Crippen molar-refractivity contribution < 1.29 is 14.3 Å². The smallest absolute Gasteiger partial charge is 0.410 e. The molecule has 0 saturated carbocycles. The third kappa shape index (κ3) is 3.59. The summed E-state index contributed by atoms with van der Waals surface area (Å²) in [6, 6.07) is 0.207. The number of hydrogen-bond donors (Lipinski definition) is 0. The number of amides is 2. The van der Waals surface area contributed by atoms with Gasteiger partial charge in [-0.2, -0.15) is 0 Å². The van der Waals surface area contributed by atoms with Crippen LogP contribution >= 0.6 is 11.3 Å². The van der Waals surface area contributed by atoms with Gasteiger partial charge >= 0.3 is 6.09 Å². The van der Waals surface area contributed by atoms with Crippen molar-refractivity contribution in [1.29, 1.82) is 0 Å². The van der Waals surface area contributed by atoms with E-state index in [2.05, 4.69) is 25.8 Å². The van der Waals surface area contributed by atoms with Crippen LogP contribution in [-0.2, 0) is 11.2 Å². The second kappa shape index (κ2) is 7.55. The van der Waals surface area contributed by atoms with Crippen molar-refractivity contribution in [2.75, 3.05) is 19.6 Å². The lowest BCUT2D eigenvalue weighted by Crippen LogP contribution is -2.49. The summed E-state index contributed by atoms with van der Waals surface area (Å²) in [6.07, 6.45) is 4.10. The average Bonchev–Trinajstić information content (AvgIpc) is 3.15. The van der Waals surface area contributed by atoms with Gasteiger partial charge in [0, 0.05) is 32.0 Å². The van der Waals surface area contributed by atoms with Crippen LogP contribution < -0.4 is 0 Å². The van der Waals surface area contributed by atoms with Crippen LogP contribution in [0.1, 0.15) is 66.8 Å². The molecule has 0 radical (unpaired) electrons. The zero-order chi connectivity index (χ0) is 18.9. The molecule has 2 fully saturated rings. The molecule has 2 amide bonds. The number of ether oxygens (including phenoxy) is 1. The van der Waals surface area contributed by atoms with Crippen LogP contribution in [0.3, 0.4) is 0 Å². The van der Waals surface area contributed by atoms with Gasteiger partial charge in [0.25, 0.3) is 5.91 Å². The zero-order valence-corrected chi connectivity index (χ0v) is 17.0. The number of hydrogen-bond acceptors (Lipinski definition) is 5. The first-order valence-corrected chi connectivity index (χ1v) is 10.5. The molecule has 0 aliphatic carbocycles. The van der Waals surface area contributed by atoms with Crippen molar-refractivity contribution >= 4 is 23.3 Å². The average molecular weight is 380 g/mol. The van der Waals surface area contributed by atoms with Gasteiger partial charge in [0.15, 0.2) is 0 Å². The van der Waals surface area contributed by atoms with E-state index in [1.807, 2.05) is 16.7 Å². The van der Waals surface area contributed by atoms with E-state index in [1.165, 1.54) is 11.3 Å². The standard InChI is InChI=1S/C19H29N3O3S/c1-5-7-13(3)22-12-19(25-18(22)24)8-10-21(11-9-19)17(23)16-14(4)20-15(6-2)26-16/h13H,5-12H2,1-4H3. The van der Waals surface area contributed by atoms with Crippen molar-refractivity contribution in [3.8, 4) is 0 Å². The van der Waals surface area contributed by atoms with E-state index >= 15 is 0 Å². The Balaban J connectivity index is 1.63. The van der Waals surface area contributed by atoms with E-state index in [9.17, 15) is 9.59 Å². The fourth-order valence-electron chi connectivity index (χ4n) is 3.88. The lowest BCUT2D eigenvalue weighted by Gasteiger charge is -2.37. The molecule has 1 atom stereocenters. The predicted molar refractivity (Wildman–Crippen MR) is 102 cm³/mol. The highest BCUT2D eigenvalue weighted by atomic mass is 32.1. The largest absolute Gasteiger partial charge is 0.441 e. The van der Waals surface area contributed by atoms with Gasteiger partial charge in [-0.05, 0) is 26.7 Å². The molecule has 3 rings (SSSR count). The third-order valence-corrected chi connectivity index (χ3v) is 6.82. The van der Waals surface area contributed by atoms with Gasteiger partial charge < -0.3 is 14.5 Å². The molecule has 1 aromatic heterocycles. The van der Waals surface area contributed by atoms with Gasteiger partial charge in [-0.1, -0.05) is 20.3 Å². The highest BCUT2D eigenvalue weighted by molar-refractivity contribution is 7.13. The van der Waals surface area contributed by atoms with Crippen LogP contribution in [0.4, 0.5) is 4.79 Å². The Morgan fingerprint density at radius 3 is 2.62 bits per heavy atom. The molecule has 26 heavy (non-hydrogen) atoms. The van der Waals surface area contributed by atoms with Crippen LogP contribution in [0, 0.1) is 6.92 Å². The number of carbonyl (C=O) groups is 2. The number of piperidine rings is 1. The molecule has 1 aromatic rings. The molecule has 7 heteroatoms. The van der Waals surface area contributed by atoms with E-state index in [1.54, 1.807) is 0 Å². The molecule has 144 valence electrons. The molecule has 0 aromatic carbocycles. The molecule has 0 bridgehead atoms. The molecule has 6 nitrogen and oxygen atoms in total. The minimum atomic E-state index is -0.423. The molecular formula is C19H29N3O3S. The minimum Gasteiger partial charge on any atom is -0.441 e. The lowest BCUT2D eigenvalue weighted by atomic mass is 9.91. The van der Waals surface area contributed by atoms with Crippen molar-refractivity contribution in [3.63, 3.8) is 0 Å². The van der Waals surface area contributed by atoms with Crippen LogP contribution in [0.15, 0.2) is 0 Å². The number of rotatable bonds is 5. The van der Waals surface area contributed by atoms with Gasteiger partial charge in [-0.3, -0.25) is 4.79 Å². The summed E-state index contributed by atoms with van der Waals surface area (Å²) < 4.78 is 5.79. The fraction of sp³-hybridized carbons (Fsp3) is 0.737.